The third-order valence-corrected chi connectivity index (χ3v) is 2.57. The Balaban J connectivity index is 2.18. The van der Waals surface area contributed by atoms with Crippen molar-refractivity contribution in [2.75, 3.05) is 19.8 Å². The molecule has 0 bridgehead atoms. The van der Waals surface area contributed by atoms with Gasteiger partial charge in [0.1, 0.15) is 6.61 Å². The van der Waals surface area contributed by atoms with E-state index in [0.717, 1.165) is 25.7 Å². The molecular formula is C10H20N2O3. The van der Waals surface area contributed by atoms with Gasteiger partial charge in [0.2, 0.25) is 5.91 Å². The van der Waals surface area contributed by atoms with Crippen LogP contribution in [-0.2, 0) is 9.53 Å². The monoisotopic (exact) mass is 216 g/mol. The van der Waals surface area contributed by atoms with E-state index < -0.39 is 6.10 Å². The predicted molar refractivity (Wildman–Crippen MR) is 56.3 cm³/mol. The average molecular weight is 216 g/mol. The topological polar surface area (TPSA) is 84.6 Å². The normalized spacial score (nSPS) is 26.3. The van der Waals surface area contributed by atoms with Crippen molar-refractivity contribution in [3.05, 3.63) is 0 Å². The fourth-order valence-corrected chi connectivity index (χ4v) is 1.78. The molecule has 0 aromatic carbocycles. The van der Waals surface area contributed by atoms with Gasteiger partial charge in [0, 0.05) is 6.54 Å². The first-order valence-corrected chi connectivity index (χ1v) is 5.49. The van der Waals surface area contributed by atoms with Gasteiger partial charge in [-0.25, -0.2) is 0 Å². The van der Waals surface area contributed by atoms with Crippen LogP contribution in [0.15, 0.2) is 0 Å². The summed E-state index contributed by atoms with van der Waals surface area (Å²) >= 11 is 0. The van der Waals surface area contributed by atoms with Crippen LogP contribution in [0.3, 0.4) is 0 Å². The van der Waals surface area contributed by atoms with Gasteiger partial charge in [-0.1, -0.05) is 12.8 Å². The first-order chi connectivity index (χ1) is 7.24. The summed E-state index contributed by atoms with van der Waals surface area (Å²) in [6.07, 6.45) is 3.32. The maximum absolute atomic E-state index is 11.3. The minimum absolute atomic E-state index is 0.0282. The van der Waals surface area contributed by atoms with Crippen LogP contribution in [0.4, 0.5) is 0 Å². The molecule has 2 atom stereocenters. The summed E-state index contributed by atoms with van der Waals surface area (Å²) in [5.41, 5.74) is 5.22. The number of aliphatic hydroxyl groups excluding tert-OH is 1. The quantitative estimate of drug-likeness (QED) is 0.535. The van der Waals surface area contributed by atoms with E-state index in [4.69, 9.17) is 10.5 Å². The summed E-state index contributed by atoms with van der Waals surface area (Å²) in [5, 5.41) is 12.4. The van der Waals surface area contributed by atoms with E-state index >= 15 is 0 Å². The van der Waals surface area contributed by atoms with E-state index in [1.54, 1.807) is 0 Å². The van der Waals surface area contributed by atoms with Gasteiger partial charge in [-0.15, -0.1) is 0 Å². The molecule has 0 radical (unpaired) electrons. The molecule has 0 saturated heterocycles. The van der Waals surface area contributed by atoms with Crippen molar-refractivity contribution in [3.8, 4) is 0 Å². The molecule has 5 heteroatoms. The molecule has 88 valence electrons. The number of hydrogen-bond acceptors (Lipinski definition) is 4. The van der Waals surface area contributed by atoms with Gasteiger partial charge in [0.05, 0.1) is 18.8 Å². The van der Waals surface area contributed by atoms with E-state index in [-0.39, 0.29) is 18.6 Å². The van der Waals surface area contributed by atoms with Crippen molar-refractivity contribution in [3.63, 3.8) is 0 Å². The molecule has 1 fully saturated rings. The standard InChI is InChI=1S/C10H20N2O3/c11-5-6-15-7-10(14)12-8-3-1-2-4-9(8)13/h8-9,13H,1-7,11H2,(H,12,14). The molecule has 15 heavy (non-hydrogen) atoms. The molecular weight excluding hydrogens is 196 g/mol. The Morgan fingerprint density at radius 3 is 2.87 bits per heavy atom. The van der Waals surface area contributed by atoms with E-state index in [1.165, 1.54) is 0 Å². The van der Waals surface area contributed by atoms with Crippen molar-refractivity contribution in [2.24, 2.45) is 5.73 Å². The Bertz CT molecular complexity index is 199. The second kappa shape index (κ2) is 6.76. The third-order valence-electron chi connectivity index (χ3n) is 2.57. The lowest BCUT2D eigenvalue weighted by Gasteiger charge is -2.28. The molecule has 1 saturated carbocycles. The van der Waals surface area contributed by atoms with Gasteiger partial charge >= 0.3 is 0 Å². The van der Waals surface area contributed by atoms with Gasteiger partial charge in [0.25, 0.3) is 0 Å². The molecule has 5 nitrogen and oxygen atoms in total. The molecule has 0 heterocycles. The highest BCUT2D eigenvalue weighted by atomic mass is 16.5. The van der Waals surface area contributed by atoms with Crippen molar-refractivity contribution in [1.29, 1.82) is 0 Å². The van der Waals surface area contributed by atoms with Gasteiger partial charge in [-0.05, 0) is 12.8 Å². The van der Waals surface area contributed by atoms with Gasteiger partial charge in [-0.3, -0.25) is 4.79 Å². The zero-order chi connectivity index (χ0) is 11.1. The largest absolute Gasteiger partial charge is 0.391 e. The average Bonchev–Trinajstić information content (AvgIpc) is 2.22. The lowest BCUT2D eigenvalue weighted by Crippen LogP contribution is -2.46. The summed E-state index contributed by atoms with van der Waals surface area (Å²) in [4.78, 5) is 11.3. The maximum Gasteiger partial charge on any atom is 0.246 e. The van der Waals surface area contributed by atoms with Crippen LogP contribution in [0.1, 0.15) is 25.7 Å². The number of nitrogens with two attached hydrogens (primary N) is 1. The minimum atomic E-state index is -0.405. The lowest BCUT2D eigenvalue weighted by atomic mass is 9.92. The number of carbonyl (C=O) groups is 1. The summed E-state index contributed by atoms with van der Waals surface area (Å²) in [6, 6.07) is -0.104. The molecule has 0 aromatic rings. The summed E-state index contributed by atoms with van der Waals surface area (Å²) in [5.74, 6) is -0.172. The molecule has 0 aromatic heterocycles. The number of amides is 1. The van der Waals surface area contributed by atoms with Crippen LogP contribution in [0.2, 0.25) is 0 Å². The minimum Gasteiger partial charge on any atom is -0.391 e. The third kappa shape index (κ3) is 4.59. The van der Waals surface area contributed by atoms with Crippen LogP contribution in [-0.4, -0.2) is 42.9 Å². The molecule has 2 unspecified atom stereocenters. The van der Waals surface area contributed by atoms with Crippen LogP contribution >= 0.6 is 0 Å². The van der Waals surface area contributed by atoms with Crippen molar-refractivity contribution >= 4 is 5.91 Å². The highest BCUT2D eigenvalue weighted by Gasteiger charge is 2.24. The number of carbonyl (C=O) groups excluding carboxylic acids is 1. The zero-order valence-corrected chi connectivity index (χ0v) is 8.95. The Morgan fingerprint density at radius 2 is 2.20 bits per heavy atom. The van der Waals surface area contributed by atoms with E-state index in [2.05, 4.69) is 5.32 Å². The Hall–Kier alpha value is -0.650. The zero-order valence-electron chi connectivity index (χ0n) is 8.95. The first-order valence-electron chi connectivity index (χ1n) is 5.49. The Labute approximate surface area is 90.0 Å². The predicted octanol–water partition coefficient (Wildman–Crippen LogP) is -0.619. The summed E-state index contributed by atoms with van der Waals surface area (Å²) < 4.78 is 5.00. The molecule has 0 aliphatic heterocycles. The van der Waals surface area contributed by atoms with Gasteiger partial charge in [0.15, 0.2) is 0 Å². The van der Waals surface area contributed by atoms with Crippen molar-refractivity contribution < 1.29 is 14.6 Å². The fraction of sp³-hybridized carbons (Fsp3) is 0.900. The van der Waals surface area contributed by atoms with Gasteiger partial charge < -0.3 is 20.9 Å². The molecule has 4 N–H and O–H groups in total. The highest BCUT2D eigenvalue weighted by Crippen LogP contribution is 2.18. The SMILES string of the molecule is NCCOCC(=O)NC1CCCCC1O. The number of hydrogen-bond donors (Lipinski definition) is 3. The molecule has 0 spiro atoms. The van der Waals surface area contributed by atoms with E-state index in [0.29, 0.717) is 13.2 Å². The van der Waals surface area contributed by atoms with Crippen molar-refractivity contribution in [2.45, 2.75) is 37.8 Å². The first kappa shape index (κ1) is 12.4. The lowest BCUT2D eigenvalue weighted by molar-refractivity contribution is -0.127. The summed E-state index contributed by atoms with van der Waals surface area (Å²) in [6.45, 7) is 0.834. The molecule has 1 amide bonds. The van der Waals surface area contributed by atoms with Gasteiger partial charge in [-0.2, -0.15) is 0 Å². The van der Waals surface area contributed by atoms with Crippen LogP contribution in [0.25, 0.3) is 0 Å². The second-order valence-electron chi connectivity index (χ2n) is 3.87. The molecule has 1 aliphatic rings. The smallest absolute Gasteiger partial charge is 0.246 e. The van der Waals surface area contributed by atoms with Crippen LogP contribution < -0.4 is 11.1 Å². The van der Waals surface area contributed by atoms with Crippen LogP contribution in [0.5, 0.6) is 0 Å². The second-order valence-corrected chi connectivity index (χ2v) is 3.87. The van der Waals surface area contributed by atoms with Crippen molar-refractivity contribution in [1.82, 2.24) is 5.32 Å². The Kier molecular flexibility index (Phi) is 5.60. The number of rotatable bonds is 5. The van der Waals surface area contributed by atoms with Crippen LogP contribution in [0, 0.1) is 0 Å². The highest BCUT2D eigenvalue weighted by molar-refractivity contribution is 5.77. The molecule has 1 rings (SSSR count). The Morgan fingerprint density at radius 1 is 1.47 bits per heavy atom. The fourth-order valence-electron chi connectivity index (χ4n) is 1.78. The maximum atomic E-state index is 11.3. The molecule has 1 aliphatic carbocycles. The van der Waals surface area contributed by atoms with E-state index in [9.17, 15) is 9.90 Å². The number of ether oxygens (including phenoxy) is 1. The van der Waals surface area contributed by atoms with E-state index in [1.807, 2.05) is 0 Å². The summed E-state index contributed by atoms with van der Waals surface area (Å²) in [7, 11) is 0. The number of aliphatic hydroxyl groups is 1. The number of nitrogens with one attached hydrogen (secondary N) is 1.